The van der Waals surface area contributed by atoms with Gasteiger partial charge in [-0.15, -0.1) is 0 Å². The molecule has 1 nitrogen and oxygen atoms in total. The maximum Gasteiger partial charge on any atom is 0.125 e. The van der Waals surface area contributed by atoms with Crippen LogP contribution < -0.4 is 0 Å². The molecule has 0 heterocycles. The minimum atomic E-state index is 0.544. The smallest absolute Gasteiger partial charge is 0.125 e. The second kappa shape index (κ2) is 6.40. The van der Waals surface area contributed by atoms with Crippen LogP contribution in [0.1, 0.15) is 11.1 Å². The van der Waals surface area contributed by atoms with Crippen molar-refractivity contribution in [1.82, 2.24) is 0 Å². The lowest BCUT2D eigenvalue weighted by molar-refractivity contribution is 0.264. The molecule has 0 aliphatic rings. The van der Waals surface area contributed by atoms with Crippen LogP contribution in [0.4, 0.5) is 0 Å². The summed E-state index contributed by atoms with van der Waals surface area (Å²) in [7, 11) is 0. The summed E-state index contributed by atoms with van der Waals surface area (Å²) < 4.78 is 5.28. The van der Waals surface area contributed by atoms with Crippen molar-refractivity contribution in [2.24, 2.45) is 0 Å². The summed E-state index contributed by atoms with van der Waals surface area (Å²) in [5.74, 6) is 3.00. The topological polar surface area (TPSA) is 9.23 Å². The Balaban J connectivity index is 1.76. The first-order valence-electron chi connectivity index (χ1n) is 5.62. The Morgan fingerprint density at radius 2 is 1.35 bits per heavy atom. The third-order valence-electron chi connectivity index (χ3n) is 2.36. The van der Waals surface area contributed by atoms with Crippen LogP contribution in [0.2, 0.25) is 0 Å². The van der Waals surface area contributed by atoms with Gasteiger partial charge in [-0.25, -0.2) is 0 Å². The van der Waals surface area contributed by atoms with Crippen molar-refractivity contribution < 1.29 is 4.74 Å². The van der Waals surface area contributed by atoms with Gasteiger partial charge in [0.1, 0.15) is 12.7 Å². The third kappa shape index (κ3) is 4.04. The number of benzene rings is 2. The number of hydrogen-bond donors (Lipinski definition) is 0. The molecule has 17 heavy (non-hydrogen) atoms. The maximum absolute atomic E-state index is 5.28. The number of hydrogen-bond acceptors (Lipinski definition) is 1. The van der Waals surface area contributed by atoms with E-state index in [1.54, 1.807) is 0 Å². The second-order valence-electron chi connectivity index (χ2n) is 3.72. The minimum absolute atomic E-state index is 0.544. The summed E-state index contributed by atoms with van der Waals surface area (Å²) in [5.41, 5.74) is 2.35. The van der Waals surface area contributed by atoms with Crippen molar-refractivity contribution in [3.05, 3.63) is 71.8 Å². The molecule has 0 aliphatic heterocycles. The molecule has 0 radical (unpaired) electrons. The van der Waals surface area contributed by atoms with Gasteiger partial charge in [0.05, 0.1) is 0 Å². The second-order valence-corrected chi connectivity index (χ2v) is 3.72. The zero-order valence-electron chi connectivity index (χ0n) is 9.60. The van der Waals surface area contributed by atoms with Crippen LogP contribution in [0.5, 0.6) is 0 Å². The monoisotopic (exact) mass is 222 g/mol. The van der Waals surface area contributed by atoms with Crippen LogP contribution in [0, 0.1) is 12.0 Å². The molecule has 0 N–H and O–H groups in total. The third-order valence-corrected chi connectivity index (χ3v) is 2.36. The molecule has 84 valence electrons. The van der Waals surface area contributed by atoms with Gasteiger partial charge in [0.25, 0.3) is 0 Å². The van der Waals surface area contributed by atoms with E-state index in [1.807, 2.05) is 48.5 Å². The van der Waals surface area contributed by atoms with Crippen molar-refractivity contribution in [3.8, 4) is 12.0 Å². The Labute approximate surface area is 102 Å². The fourth-order valence-corrected chi connectivity index (χ4v) is 1.48. The maximum atomic E-state index is 5.28. The molecule has 0 aliphatic carbocycles. The predicted octanol–water partition coefficient (Wildman–Crippen LogP) is 3.41. The highest BCUT2D eigenvalue weighted by Crippen LogP contribution is 2.00. The van der Waals surface area contributed by atoms with Gasteiger partial charge >= 0.3 is 0 Å². The molecule has 0 aromatic heterocycles. The van der Waals surface area contributed by atoms with Gasteiger partial charge < -0.3 is 4.74 Å². The molecule has 0 unspecified atom stereocenters. The van der Waals surface area contributed by atoms with Crippen LogP contribution in [0.15, 0.2) is 60.7 Å². The van der Waals surface area contributed by atoms with Gasteiger partial charge in [0, 0.05) is 6.42 Å². The van der Waals surface area contributed by atoms with E-state index < -0.39 is 0 Å². The molecule has 0 bridgehead atoms. The quantitative estimate of drug-likeness (QED) is 0.723. The molecule has 0 fully saturated rings. The lowest BCUT2D eigenvalue weighted by atomic mass is 10.2. The van der Waals surface area contributed by atoms with Crippen LogP contribution >= 0.6 is 0 Å². The molecule has 2 rings (SSSR count). The Hall–Kier alpha value is -2.20. The van der Waals surface area contributed by atoms with E-state index in [1.165, 1.54) is 5.56 Å². The van der Waals surface area contributed by atoms with E-state index in [0.717, 1.165) is 12.0 Å². The molecule has 0 saturated heterocycles. The fraction of sp³-hybridized carbons (Fsp3) is 0.125. The molecule has 0 saturated carbocycles. The molecule has 0 atom stereocenters. The number of rotatable bonds is 3. The highest BCUT2D eigenvalue weighted by atomic mass is 16.5. The van der Waals surface area contributed by atoms with Gasteiger partial charge in [0.15, 0.2) is 0 Å². The normalized spacial score (nSPS) is 9.18. The zero-order valence-corrected chi connectivity index (χ0v) is 9.60. The first-order chi connectivity index (χ1) is 8.45. The van der Waals surface area contributed by atoms with Gasteiger partial charge in [-0.05, 0) is 11.1 Å². The Kier molecular flexibility index (Phi) is 4.25. The van der Waals surface area contributed by atoms with Crippen molar-refractivity contribution >= 4 is 0 Å². The van der Waals surface area contributed by atoms with E-state index in [0.29, 0.717) is 6.61 Å². The van der Waals surface area contributed by atoms with Crippen molar-refractivity contribution in [2.45, 2.75) is 13.0 Å². The van der Waals surface area contributed by atoms with E-state index in [2.05, 4.69) is 24.2 Å². The summed E-state index contributed by atoms with van der Waals surface area (Å²) in [4.78, 5) is 0. The van der Waals surface area contributed by atoms with E-state index >= 15 is 0 Å². The van der Waals surface area contributed by atoms with E-state index in [4.69, 9.17) is 4.74 Å². The van der Waals surface area contributed by atoms with Crippen molar-refractivity contribution in [1.29, 1.82) is 0 Å². The van der Waals surface area contributed by atoms with Crippen LogP contribution in [0.25, 0.3) is 0 Å². The zero-order chi connectivity index (χ0) is 11.8. The molecule has 1 heteroatoms. The summed E-state index contributed by atoms with van der Waals surface area (Å²) in [5, 5.41) is 0. The summed E-state index contributed by atoms with van der Waals surface area (Å²) >= 11 is 0. The molecular formula is C16H14O. The Morgan fingerprint density at radius 1 is 0.765 bits per heavy atom. The summed E-state index contributed by atoms with van der Waals surface area (Å²) in [6, 6.07) is 20.2. The summed E-state index contributed by atoms with van der Waals surface area (Å²) in [6.45, 7) is 0.544. The van der Waals surface area contributed by atoms with Gasteiger partial charge in [-0.3, -0.25) is 0 Å². The number of ether oxygens (including phenoxy) is 1. The highest BCUT2D eigenvalue weighted by Gasteiger charge is 1.88. The fourth-order valence-electron chi connectivity index (χ4n) is 1.48. The lowest BCUT2D eigenvalue weighted by Crippen LogP contribution is -1.86. The van der Waals surface area contributed by atoms with Crippen molar-refractivity contribution in [3.63, 3.8) is 0 Å². The molecular weight excluding hydrogens is 208 g/mol. The first-order valence-corrected chi connectivity index (χ1v) is 5.62. The molecule has 0 spiro atoms. The van der Waals surface area contributed by atoms with E-state index in [9.17, 15) is 0 Å². The average Bonchev–Trinajstić information content (AvgIpc) is 2.41. The van der Waals surface area contributed by atoms with E-state index in [-0.39, 0.29) is 0 Å². The Morgan fingerprint density at radius 3 is 2.00 bits per heavy atom. The van der Waals surface area contributed by atoms with Gasteiger partial charge in [0.2, 0.25) is 0 Å². The molecule has 2 aromatic rings. The van der Waals surface area contributed by atoms with Crippen LogP contribution in [-0.4, -0.2) is 0 Å². The minimum Gasteiger partial charge on any atom is -0.442 e. The van der Waals surface area contributed by atoms with Gasteiger partial charge in [-0.1, -0.05) is 66.6 Å². The molecule has 2 aromatic carbocycles. The average molecular weight is 222 g/mol. The lowest BCUT2D eigenvalue weighted by Gasteiger charge is -1.97. The highest BCUT2D eigenvalue weighted by molar-refractivity contribution is 5.20. The largest absolute Gasteiger partial charge is 0.442 e. The van der Waals surface area contributed by atoms with Crippen LogP contribution in [0.3, 0.4) is 0 Å². The summed E-state index contributed by atoms with van der Waals surface area (Å²) in [6.07, 6.45) is 3.46. The van der Waals surface area contributed by atoms with Crippen molar-refractivity contribution in [2.75, 3.05) is 0 Å². The standard InChI is InChI=1S/C16H14O/c1-3-8-15(9-4-1)12-7-13-17-14-16-10-5-2-6-11-16/h1-6,8-11H,12,14H2. The van der Waals surface area contributed by atoms with Gasteiger partial charge in [-0.2, -0.15) is 0 Å². The Bertz CT molecular complexity index is 491. The van der Waals surface area contributed by atoms with Crippen LogP contribution in [-0.2, 0) is 17.8 Å². The predicted molar refractivity (Wildman–Crippen MR) is 69.2 cm³/mol. The molecule has 0 amide bonds. The first kappa shape index (κ1) is 11.3. The SMILES string of the molecule is C(#COCc1ccccc1)Cc1ccccc1.